The van der Waals surface area contributed by atoms with Crippen molar-refractivity contribution in [2.45, 2.75) is 6.92 Å². The normalized spacial score (nSPS) is 10.9. The second-order valence-electron chi connectivity index (χ2n) is 3.20. The molecule has 0 atom stereocenters. The van der Waals surface area contributed by atoms with Gasteiger partial charge in [-0.05, 0) is 13.0 Å². The van der Waals surface area contributed by atoms with Gasteiger partial charge in [0, 0.05) is 11.8 Å². The lowest BCUT2D eigenvalue weighted by Crippen LogP contribution is -2.08. The second-order valence-corrected chi connectivity index (χ2v) is 3.58. The van der Waals surface area contributed by atoms with E-state index in [1.165, 1.54) is 0 Å². The first-order chi connectivity index (χ1) is 7.00. The van der Waals surface area contributed by atoms with Crippen molar-refractivity contribution >= 4 is 22.5 Å². The number of aromatic nitrogens is 1. The van der Waals surface area contributed by atoms with Crippen LogP contribution in [0.5, 0.6) is 0 Å². The molecule has 0 amide bonds. The maximum Gasteiger partial charge on any atom is 0.211 e. The maximum absolute atomic E-state index is 13.3. The molecular weight excluding hydrogens is 224 g/mol. The molecule has 1 aromatic carbocycles. The van der Waals surface area contributed by atoms with E-state index in [-0.39, 0.29) is 15.9 Å². The highest BCUT2D eigenvalue weighted by Crippen LogP contribution is 2.18. The lowest BCUT2D eigenvalue weighted by atomic mass is 10.2. The smallest absolute Gasteiger partial charge is 0.211 e. The quantitative estimate of drug-likeness (QED) is 0.740. The Morgan fingerprint density at radius 2 is 2.00 bits per heavy atom. The van der Waals surface area contributed by atoms with E-state index in [0.717, 1.165) is 6.07 Å². The predicted molar refractivity (Wildman–Crippen MR) is 54.2 cm³/mol. The zero-order valence-electron chi connectivity index (χ0n) is 7.70. The van der Waals surface area contributed by atoms with Crippen molar-refractivity contribution in [2.75, 3.05) is 0 Å². The molecule has 0 saturated heterocycles. The van der Waals surface area contributed by atoms with Crippen LogP contribution < -0.4 is 5.43 Å². The van der Waals surface area contributed by atoms with Crippen molar-refractivity contribution in [1.29, 1.82) is 0 Å². The van der Waals surface area contributed by atoms with Crippen molar-refractivity contribution in [2.24, 2.45) is 0 Å². The average molecular weight is 230 g/mol. The van der Waals surface area contributed by atoms with Gasteiger partial charge in [0.1, 0.15) is 16.7 Å². The fourth-order valence-corrected chi connectivity index (χ4v) is 1.58. The number of hydrogen-bond donors (Lipinski definition) is 1. The number of H-pyrrole nitrogens is 1. The molecule has 2 rings (SSSR count). The van der Waals surface area contributed by atoms with Gasteiger partial charge in [0.25, 0.3) is 0 Å². The molecule has 0 saturated carbocycles. The van der Waals surface area contributed by atoms with Crippen LogP contribution in [0.15, 0.2) is 16.9 Å². The zero-order chi connectivity index (χ0) is 11.2. The Bertz CT molecular complexity index is 606. The molecule has 78 valence electrons. The highest BCUT2D eigenvalue weighted by molar-refractivity contribution is 6.31. The van der Waals surface area contributed by atoms with Crippen LogP contribution in [0.1, 0.15) is 5.69 Å². The third kappa shape index (κ3) is 1.51. The summed E-state index contributed by atoms with van der Waals surface area (Å²) >= 11 is 5.66. The number of fused-ring (bicyclic) bond motifs is 1. The third-order valence-corrected chi connectivity index (χ3v) is 2.59. The molecule has 2 nitrogen and oxygen atoms in total. The fourth-order valence-electron chi connectivity index (χ4n) is 1.44. The van der Waals surface area contributed by atoms with Crippen LogP contribution >= 0.6 is 11.6 Å². The summed E-state index contributed by atoms with van der Waals surface area (Å²) < 4.78 is 26.2. The fraction of sp³-hybridized carbons (Fsp3) is 0.100. The largest absolute Gasteiger partial charge is 0.357 e. The van der Waals surface area contributed by atoms with Gasteiger partial charge in [-0.3, -0.25) is 4.79 Å². The Labute approximate surface area is 88.5 Å². The Hall–Kier alpha value is -1.42. The van der Waals surface area contributed by atoms with Crippen LogP contribution in [0.3, 0.4) is 0 Å². The number of halogens is 3. The lowest BCUT2D eigenvalue weighted by Gasteiger charge is -2.03. The minimum absolute atomic E-state index is 0.0759. The van der Waals surface area contributed by atoms with Gasteiger partial charge in [-0.25, -0.2) is 8.78 Å². The van der Waals surface area contributed by atoms with Gasteiger partial charge in [-0.2, -0.15) is 0 Å². The van der Waals surface area contributed by atoms with Gasteiger partial charge < -0.3 is 4.98 Å². The molecule has 0 radical (unpaired) electrons. The molecule has 0 aliphatic carbocycles. The van der Waals surface area contributed by atoms with Gasteiger partial charge in [0.15, 0.2) is 0 Å². The molecule has 0 aliphatic rings. The number of aromatic amines is 1. The van der Waals surface area contributed by atoms with Gasteiger partial charge >= 0.3 is 0 Å². The van der Waals surface area contributed by atoms with Gasteiger partial charge in [-0.1, -0.05) is 11.6 Å². The molecule has 5 heteroatoms. The number of aryl methyl sites for hydroxylation is 1. The average Bonchev–Trinajstić information content (AvgIpc) is 2.13. The summed E-state index contributed by atoms with van der Waals surface area (Å²) in [5, 5.41) is -0.292. The second kappa shape index (κ2) is 3.31. The van der Waals surface area contributed by atoms with Crippen molar-refractivity contribution in [3.63, 3.8) is 0 Å². The molecule has 2 aromatic rings. The Morgan fingerprint density at radius 3 is 2.67 bits per heavy atom. The molecule has 0 unspecified atom stereocenters. The molecule has 0 aliphatic heterocycles. The van der Waals surface area contributed by atoms with Crippen molar-refractivity contribution in [3.05, 3.63) is 44.7 Å². The van der Waals surface area contributed by atoms with Gasteiger partial charge in [0.2, 0.25) is 5.43 Å². The van der Waals surface area contributed by atoms with Crippen molar-refractivity contribution in [3.8, 4) is 0 Å². The molecular formula is C10H6ClF2NO. The summed E-state index contributed by atoms with van der Waals surface area (Å²) in [6.45, 7) is 1.56. The number of benzene rings is 1. The zero-order valence-corrected chi connectivity index (χ0v) is 8.45. The Morgan fingerprint density at radius 1 is 1.33 bits per heavy atom. The Kier molecular flexibility index (Phi) is 2.23. The van der Waals surface area contributed by atoms with E-state index >= 15 is 0 Å². The highest BCUT2D eigenvalue weighted by Gasteiger charge is 2.12. The van der Waals surface area contributed by atoms with E-state index in [9.17, 15) is 13.6 Å². The SMILES string of the molecule is Cc1[nH]c2cc(F)cc(F)c2c(=O)c1Cl. The van der Waals surface area contributed by atoms with Crippen LogP contribution in [0, 0.1) is 18.6 Å². The van der Waals surface area contributed by atoms with Crippen LogP contribution in [-0.4, -0.2) is 4.98 Å². The minimum Gasteiger partial charge on any atom is -0.357 e. The summed E-state index contributed by atoms with van der Waals surface area (Å²) in [6, 6.07) is 1.71. The van der Waals surface area contributed by atoms with E-state index in [1.807, 2.05) is 0 Å². The molecule has 0 spiro atoms. The van der Waals surface area contributed by atoms with Gasteiger partial charge in [0.05, 0.1) is 10.9 Å². The van der Waals surface area contributed by atoms with E-state index < -0.39 is 17.1 Å². The summed E-state index contributed by atoms with van der Waals surface area (Å²) in [4.78, 5) is 14.2. The maximum atomic E-state index is 13.3. The summed E-state index contributed by atoms with van der Waals surface area (Å²) in [6.07, 6.45) is 0. The standard InChI is InChI=1S/C10H6ClF2NO/c1-4-9(11)10(15)8-6(13)2-5(12)3-7(8)14-4/h2-3H,1H3,(H,14,15). The lowest BCUT2D eigenvalue weighted by molar-refractivity contribution is 0.591. The number of nitrogens with one attached hydrogen (secondary N) is 1. The Balaban J connectivity index is 3.06. The van der Waals surface area contributed by atoms with E-state index in [4.69, 9.17) is 11.6 Å². The number of rotatable bonds is 0. The van der Waals surface area contributed by atoms with E-state index in [0.29, 0.717) is 11.8 Å². The molecule has 1 aromatic heterocycles. The molecule has 1 heterocycles. The summed E-state index contributed by atoms with van der Waals surface area (Å²) in [5.74, 6) is -1.65. The first-order valence-electron chi connectivity index (χ1n) is 4.18. The first-order valence-corrected chi connectivity index (χ1v) is 4.55. The first kappa shape index (κ1) is 10.1. The summed E-state index contributed by atoms with van der Waals surface area (Å²) in [7, 11) is 0. The van der Waals surface area contributed by atoms with E-state index in [1.54, 1.807) is 6.92 Å². The molecule has 0 bridgehead atoms. The molecule has 0 fully saturated rings. The number of pyridine rings is 1. The van der Waals surface area contributed by atoms with Crippen molar-refractivity contribution < 1.29 is 8.78 Å². The monoisotopic (exact) mass is 229 g/mol. The predicted octanol–water partition coefficient (Wildman–Crippen LogP) is 2.77. The molecule has 15 heavy (non-hydrogen) atoms. The number of hydrogen-bond acceptors (Lipinski definition) is 1. The summed E-state index contributed by atoms with van der Waals surface area (Å²) in [5.41, 5.74) is -0.126. The van der Waals surface area contributed by atoms with Crippen LogP contribution in [0.25, 0.3) is 10.9 Å². The van der Waals surface area contributed by atoms with Crippen molar-refractivity contribution in [1.82, 2.24) is 4.98 Å². The van der Waals surface area contributed by atoms with Crippen LogP contribution in [0.4, 0.5) is 8.78 Å². The minimum atomic E-state index is -0.909. The van der Waals surface area contributed by atoms with Crippen LogP contribution in [0.2, 0.25) is 5.02 Å². The van der Waals surface area contributed by atoms with Gasteiger partial charge in [-0.15, -0.1) is 0 Å². The topological polar surface area (TPSA) is 32.9 Å². The van der Waals surface area contributed by atoms with Crippen LogP contribution in [-0.2, 0) is 0 Å². The third-order valence-electron chi connectivity index (χ3n) is 2.13. The molecule has 1 N–H and O–H groups in total. The highest BCUT2D eigenvalue weighted by atomic mass is 35.5. The van der Waals surface area contributed by atoms with E-state index in [2.05, 4.69) is 4.98 Å².